The topological polar surface area (TPSA) is 92.0 Å². The van der Waals surface area contributed by atoms with Gasteiger partial charge < -0.3 is 20.0 Å². The second-order valence-electron chi connectivity index (χ2n) is 6.10. The molecule has 0 fully saturated rings. The summed E-state index contributed by atoms with van der Waals surface area (Å²) in [6.07, 6.45) is 1.69. The molecule has 0 unspecified atom stereocenters. The molecule has 0 bridgehead atoms. The summed E-state index contributed by atoms with van der Waals surface area (Å²) in [5.41, 5.74) is 1.30. The predicted molar refractivity (Wildman–Crippen MR) is 96.3 cm³/mol. The number of hydrogen-bond donors (Lipinski definition) is 2. The maximum Gasteiger partial charge on any atom is 0.363 e. The minimum absolute atomic E-state index is 0.141. The van der Waals surface area contributed by atoms with Gasteiger partial charge in [-0.25, -0.2) is 4.79 Å². The van der Waals surface area contributed by atoms with E-state index in [0.29, 0.717) is 23.4 Å². The standard InChI is InChI=1S/C19H24N2O5/c1-4-8-20(9-5-2)18(24)14-10-13(3)11-15(12-14)19(25)26-21-16(22)6-7-17(21)23/h6-7,10-12,22-23H,4-5,8-9H2,1-3H3. The number of hydrogen-bond acceptors (Lipinski definition) is 5. The Morgan fingerprint density at radius 3 is 2.08 bits per heavy atom. The lowest BCUT2D eigenvalue weighted by Crippen LogP contribution is -2.32. The van der Waals surface area contributed by atoms with Gasteiger partial charge in [-0.3, -0.25) is 4.79 Å². The Labute approximate surface area is 152 Å². The molecule has 2 N–H and O–H groups in total. The van der Waals surface area contributed by atoms with Gasteiger partial charge in [-0.2, -0.15) is 0 Å². The van der Waals surface area contributed by atoms with E-state index in [0.717, 1.165) is 18.4 Å². The molecule has 0 aliphatic carbocycles. The predicted octanol–water partition coefficient (Wildman–Crippen LogP) is 2.74. The smallest absolute Gasteiger partial charge is 0.363 e. The van der Waals surface area contributed by atoms with Gasteiger partial charge in [0.15, 0.2) is 0 Å². The van der Waals surface area contributed by atoms with Crippen molar-refractivity contribution < 1.29 is 24.6 Å². The van der Waals surface area contributed by atoms with E-state index in [9.17, 15) is 19.8 Å². The quantitative estimate of drug-likeness (QED) is 0.792. The van der Waals surface area contributed by atoms with Crippen molar-refractivity contribution in [2.24, 2.45) is 0 Å². The van der Waals surface area contributed by atoms with Gasteiger partial charge in [-0.05, 0) is 43.5 Å². The molecular weight excluding hydrogens is 336 g/mol. The third-order valence-electron chi connectivity index (χ3n) is 3.81. The molecule has 1 aromatic heterocycles. The average Bonchev–Trinajstić information content (AvgIpc) is 2.92. The van der Waals surface area contributed by atoms with Crippen LogP contribution >= 0.6 is 0 Å². The van der Waals surface area contributed by atoms with Gasteiger partial charge in [0.05, 0.1) is 5.56 Å². The summed E-state index contributed by atoms with van der Waals surface area (Å²) < 4.78 is 0.618. The first-order chi connectivity index (χ1) is 12.4. The van der Waals surface area contributed by atoms with Crippen molar-refractivity contribution in [3.8, 4) is 11.8 Å². The van der Waals surface area contributed by atoms with Crippen molar-refractivity contribution in [2.45, 2.75) is 33.6 Å². The highest BCUT2D eigenvalue weighted by molar-refractivity contribution is 5.98. The van der Waals surface area contributed by atoms with Crippen LogP contribution in [0.5, 0.6) is 11.8 Å². The minimum Gasteiger partial charge on any atom is -0.492 e. The summed E-state index contributed by atoms with van der Waals surface area (Å²) in [5.74, 6) is -1.74. The summed E-state index contributed by atoms with van der Waals surface area (Å²) >= 11 is 0. The van der Waals surface area contributed by atoms with Gasteiger partial charge in [0.2, 0.25) is 11.8 Å². The SMILES string of the molecule is CCCN(CCC)C(=O)c1cc(C)cc(C(=O)On2c(O)ccc2O)c1. The molecule has 140 valence electrons. The number of carbonyl (C=O) groups is 2. The van der Waals surface area contributed by atoms with Crippen LogP contribution < -0.4 is 4.84 Å². The van der Waals surface area contributed by atoms with Crippen molar-refractivity contribution in [1.29, 1.82) is 0 Å². The van der Waals surface area contributed by atoms with E-state index in [1.807, 2.05) is 13.8 Å². The maximum atomic E-state index is 12.8. The van der Waals surface area contributed by atoms with Gasteiger partial charge in [0, 0.05) is 30.8 Å². The van der Waals surface area contributed by atoms with Crippen LogP contribution in [0.15, 0.2) is 30.3 Å². The minimum atomic E-state index is -0.790. The number of aromatic hydroxyl groups is 2. The number of benzene rings is 1. The van der Waals surface area contributed by atoms with Crippen LogP contribution in [0.2, 0.25) is 0 Å². The lowest BCUT2D eigenvalue weighted by atomic mass is 10.1. The van der Waals surface area contributed by atoms with Crippen LogP contribution in [0.3, 0.4) is 0 Å². The van der Waals surface area contributed by atoms with Gasteiger partial charge in [-0.15, -0.1) is 4.73 Å². The lowest BCUT2D eigenvalue weighted by Gasteiger charge is -2.22. The van der Waals surface area contributed by atoms with E-state index in [1.165, 1.54) is 18.2 Å². The summed E-state index contributed by atoms with van der Waals surface area (Å²) in [7, 11) is 0. The van der Waals surface area contributed by atoms with E-state index < -0.39 is 17.7 Å². The number of rotatable bonds is 7. The molecule has 1 amide bonds. The van der Waals surface area contributed by atoms with E-state index in [-0.39, 0.29) is 11.5 Å². The molecule has 2 rings (SSSR count). The zero-order valence-corrected chi connectivity index (χ0v) is 15.2. The summed E-state index contributed by atoms with van der Waals surface area (Å²) in [5, 5.41) is 19.2. The molecule has 1 aromatic carbocycles. The van der Waals surface area contributed by atoms with Crippen molar-refractivity contribution in [3.05, 3.63) is 47.0 Å². The molecule has 7 nitrogen and oxygen atoms in total. The molecule has 0 spiro atoms. The molecule has 0 aliphatic heterocycles. The number of amides is 1. The molecule has 0 atom stereocenters. The van der Waals surface area contributed by atoms with Crippen LogP contribution in [0, 0.1) is 6.92 Å². The molecule has 1 heterocycles. The van der Waals surface area contributed by atoms with Crippen molar-refractivity contribution >= 4 is 11.9 Å². The van der Waals surface area contributed by atoms with Crippen LogP contribution in [-0.2, 0) is 0 Å². The average molecular weight is 360 g/mol. The third kappa shape index (κ3) is 4.36. The van der Waals surface area contributed by atoms with Crippen LogP contribution in [0.1, 0.15) is 53.0 Å². The highest BCUT2D eigenvalue weighted by Gasteiger charge is 2.19. The molecule has 2 aromatic rings. The Balaban J connectivity index is 2.28. The number of aromatic nitrogens is 1. The van der Waals surface area contributed by atoms with E-state index in [1.54, 1.807) is 24.0 Å². The van der Waals surface area contributed by atoms with E-state index in [2.05, 4.69) is 0 Å². The highest BCUT2D eigenvalue weighted by atomic mass is 16.7. The molecule has 0 aliphatic rings. The summed E-state index contributed by atoms with van der Waals surface area (Å²) in [6, 6.07) is 7.17. The van der Waals surface area contributed by atoms with Gasteiger partial charge >= 0.3 is 5.97 Å². The Morgan fingerprint density at radius 2 is 1.54 bits per heavy atom. The summed E-state index contributed by atoms with van der Waals surface area (Å²) in [4.78, 5) is 31.9. The van der Waals surface area contributed by atoms with Crippen molar-refractivity contribution in [3.63, 3.8) is 0 Å². The van der Waals surface area contributed by atoms with Crippen LogP contribution in [0.25, 0.3) is 0 Å². The van der Waals surface area contributed by atoms with Gasteiger partial charge in [0.1, 0.15) is 0 Å². The summed E-state index contributed by atoms with van der Waals surface area (Å²) in [6.45, 7) is 7.08. The first-order valence-electron chi connectivity index (χ1n) is 8.60. The largest absolute Gasteiger partial charge is 0.492 e. The first-order valence-corrected chi connectivity index (χ1v) is 8.60. The zero-order valence-electron chi connectivity index (χ0n) is 15.2. The molecule has 0 saturated carbocycles. The lowest BCUT2D eigenvalue weighted by molar-refractivity contribution is 0.0381. The Kier molecular flexibility index (Phi) is 6.27. The highest BCUT2D eigenvalue weighted by Crippen LogP contribution is 2.20. The third-order valence-corrected chi connectivity index (χ3v) is 3.81. The second-order valence-corrected chi connectivity index (χ2v) is 6.10. The fourth-order valence-corrected chi connectivity index (χ4v) is 2.69. The van der Waals surface area contributed by atoms with Crippen molar-refractivity contribution in [2.75, 3.05) is 13.1 Å². The molecule has 0 radical (unpaired) electrons. The Bertz CT molecular complexity index is 772. The molecule has 0 saturated heterocycles. The maximum absolute atomic E-state index is 12.8. The molecular formula is C19H24N2O5. The molecule has 26 heavy (non-hydrogen) atoms. The fraction of sp³-hybridized carbons (Fsp3) is 0.368. The normalized spacial score (nSPS) is 10.6. The van der Waals surface area contributed by atoms with Crippen LogP contribution in [0.4, 0.5) is 0 Å². The van der Waals surface area contributed by atoms with E-state index >= 15 is 0 Å². The zero-order chi connectivity index (χ0) is 19.3. The fourth-order valence-electron chi connectivity index (χ4n) is 2.69. The van der Waals surface area contributed by atoms with E-state index in [4.69, 9.17) is 4.84 Å². The number of nitrogens with zero attached hydrogens (tertiary/aromatic N) is 2. The van der Waals surface area contributed by atoms with Crippen molar-refractivity contribution in [1.82, 2.24) is 9.63 Å². The van der Waals surface area contributed by atoms with Gasteiger partial charge in [0.25, 0.3) is 5.91 Å². The Morgan fingerprint density at radius 1 is 1.00 bits per heavy atom. The number of aryl methyl sites for hydroxylation is 1. The Hall–Kier alpha value is -2.96. The molecule has 7 heteroatoms. The monoisotopic (exact) mass is 360 g/mol. The first kappa shape index (κ1) is 19.4. The number of carbonyl (C=O) groups excluding carboxylic acids is 2. The van der Waals surface area contributed by atoms with Gasteiger partial charge in [-0.1, -0.05) is 13.8 Å². The van der Waals surface area contributed by atoms with Crippen LogP contribution in [-0.4, -0.2) is 44.8 Å². The second kappa shape index (κ2) is 8.42.